The molecule has 0 bridgehead atoms. The van der Waals surface area contributed by atoms with Gasteiger partial charge in [0, 0.05) is 56.1 Å². The summed E-state index contributed by atoms with van der Waals surface area (Å²) >= 11 is 0. The molecule has 2 heterocycles. The van der Waals surface area contributed by atoms with Crippen LogP contribution in [0.3, 0.4) is 0 Å². The van der Waals surface area contributed by atoms with Crippen LogP contribution in [0.4, 0.5) is 5.82 Å². The molecule has 1 saturated carbocycles. The second-order valence-corrected chi connectivity index (χ2v) is 6.68. The van der Waals surface area contributed by atoms with Gasteiger partial charge in [-0.05, 0) is 31.0 Å². The lowest BCUT2D eigenvalue weighted by molar-refractivity contribution is -0.124. The largest absolute Gasteiger partial charge is 0.359 e. The first kappa shape index (κ1) is 17.4. The Kier molecular flexibility index (Phi) is 5.99. The first-order valence-corrected chi connectivity index (χ1v) is 9.06. The number of nitrogens with one attached hydrogen (secondary N) is 1. The average Bonchev–Trinajstić information content (AvgIpc) is 3.20. The number of hydrogen-bond acceptors (Lipinski definition) is 4. The van der Waals surface area contributed by atoms with Crippen molar-refractivity contribution in [3.8, 4) is 0 Å². The maximum absolute atomic E-state index is 12.3. The molecule has 5 nitrogen and oxygen atoms in total. The highest BCUT2D eigenvalue weighted by Gasteiger charge is 2.22. The highest BCUT2D eigenvalue weighted by atomic mass is 16.1. The summed E-state index contributed by atoms with van der Waals surface area (Å²) < 4.78 is 0. The molecular formula is C20H26N4O. The zero-order valence-corrected chi connectivity index (χ0v) is 14.8. The molecule has 5 heteroatoms. The Hall–Kier alpha value is -2.43. The standard InChI is InChI=1S/C20H26N4O/c1-24(14-11-18-10-4-5-12-21-18)19-17(9-6-13-22-19)15-23-20(25)16-7-2-3-8-16/h4-6,9-10,12-13,16H,2-3,7-8,11,14-15H2,1H3,(H,23,25). The van der Waals surface area contributed by atoms with Gasteiger partial charge in [-0.3, -0.25) is 9.78 Å². The Labute approximate surface area is 149 Å². The van der Waals surface area contributed by atoms with Crippen LogP contribution >= 0.6 is 0 Å². The van der Waals surface area contributed by atoms with Gasteiger partial charge in [0.2, 0.25) is 5.91 Å². The average molecular weight is 338 g/mol. The summed E-state index contributed by atoms with van der Waals surface area (Å²) in [5.41, 5.74) is 2.12. The van der Waals surface area contributed by atoms with Gasteiger partial charge in [0.25, 0.3) is 0 Å². The molecule has 0 aromatic carbocycles. The predicted octanol–water partition coefficient (Wildman–Crippen LogP) is 2.96. The van der Waals surface area contributed by atoms with E-state index in [9.17, 15) is 4.79 Å². The molecule has 1 N–H and O–H groups in total. The minimum Gasteiger partial charge on any atom is -0.359 e. The number of anilines is 1. The molecule has 0 saturated heterocycles. The van der Waals surface area contributed by atoms with Crippen LogP contribution in [-0.4, -0.2) is 29.5 Å². The fraction of sp³-hybridized carbons (Fsp3) is 0.450. The molecule has 0 atom stereocenters. The van der Waals surface area contributed by atoms with Gasteiger partial charge in [0.05, 0.1) is 0 Å². The fourth-order valence-electron chi connectivity index (χ4n) is 3.36. The summed E-state index contributed by atoms with van der Waals surface area (Å²) in [6, 6.07) is 9.93. The molecule has 0 unspecified atom stereocenters. The number of likely N-dealkylation sites (N-methyl/N-ethyl adjacent to an activating group) is 1. The molecule has 25 heavy (non-hydrogen) atoms. The highest BCUT2D eigenvalue weighted by molar-refractivity contribution is 5.79. The van der Waals surface area contributed by atoms with Crippen molar-refractivity contribution in [1.82, 2.24) is 15.3 Å². The molecule has 1 aliphatic rings. The van der Waals surface area contributed by atoms with E-state index in [0.717, 1.165) is 42.9 Å². The van der Waals surface area contributed by atoms with Gasteiger partial charge in [0.15, 0.2) is 0 Å². The van der Waals surface area contributed by atoms with E-state index in [1.807, 2.05) is 43.6 Å². The normalized spacial score (nSPS) is 14.4. The first-order valence-electron chi connectivity index (χ1n) is 9.06. The van der Waals surface area contributed by atoms with Crippen LogP contribution in [0.2, 0.25) is 0 Å². The van der Waals surface area contributed by atoms with Crippen LogP contribution in [0.15, 0.2) is 42.7 Å². The van der Waals surface area contributed by atoms with Gasteiger partial charge in [-0.1, -0.05) is 25.0 Å². The van der Waals surface area contributed by atoms with Crippen LogP contribution in [0.25, 0.3) is 0 Å². The molecule has 2 aromatic heterocycles. The van der Waals surface area contributed by atoms with E-state index in [1.165, 1.54) is 12.8 Å². The Morgan fingerprint density at radius 1 is 1.16 bits per heavy atom. The van der Waals surface area contributed by atoms with Gasteiger partial charge >= 0.3 is 0 Å². The maximum Gasteiger partial charge on any atom is 0.223 e. The van der Waals surface area contributed by atoms with Gasteiger partial charge in [-0.15, -0.1) is 0 Å². The number of amides is 1. The van der Waals surface area contributed by atoms with E-state index in [0.29, 0.717) is 6.54 Å². The van der Waals surface area contributed by atoms with Crippen LogP contribution in [0.1, 0.15) is 36.9 Å². The number of carbonyl (C=O) groups is 1. The lowest BCUT2D eigenvalue weighted by atomic mass is 10.1. The Morgan fingerprint density at radius 3 is 2.72 bits per heavy atom. The maximum atomic E-state index is 12.3. The molecule has 3 rings (SSSR count). The number of hydrogen-bond donors (Lipinski definition) is 1. The number of pyridine rings is 2. The quantitative estimate of drug-likeness (QED) is 0.843. The van der Waals surface area contributed by atoms with Crippen molar-refractivity contribution in [3.63, 3.8) is 0 Å². The zero-order chi connectivity index (χ0) is 17.5. The third-order valence-electron chi connectivity index (χ3n) is 4.84. The second-order valence-electron chi connectivity index (χ2n) is 6.68. The van der Waals surface area contributed by atoms with E-state index in [4.69, 9.17) is 0 Å². The lowest BCUT2D eigenvalue weighted by Crippen LogP contribution is -2.30. The molecule has 1 amide bonds. The molecular weight excluding hydrogens is 312 g/mol. The molecule has 0 aliphatic heterocycles. The van der Waals surface area contributed by atoms with Crippen molar-refractivity contribution >= 4 is 11.7 Å². The smallest absolute Gasteiger partial charge is 0.223 e. The van der Waals surface area contributed by atoms with Crippen LogP contribution in [-0.2, 0) is 17.8 Å². The van der Waals surface area contributed by atoms with Crippen molar-refractivity contribution in [2.24, 2.45) is 5.92 Å². The predicted molar refractivity (Wildman–Crippen MR) is 99.3 cm³/mol. The third kappa shape index (κ3) is 4.78. The first-order chi connectivity index (χ1) is 12.2. The summed E-state index contributed by atoms with van der Waals surface area (Å²) in [6.07, 6.45) is 8.88. The topological polar surface area (TPSA) is 58.1 Å². The molecule has 0 spiro atoms. The second kappa shape index (κ2) is 8.60. The summed E-state index contributed by atoms with van der Waals surface area (Å²) in [5, 5.41) is 3.09. The number of nitrogens with zero attached hydrogens (tertiary/aromatic N) is 3. The van der Waals surface area contributed by atoms with Crippen LogP contribution < -0.4 is 10.2 Å². The van der Waals surface area contributed by atoms with Crippen molar-refractivity contribution in [2.45, 2.75) is 38.6 Å². The van der Waals surface area contributed by atoms with Crippen LogP contribution in [0, 0.1) is 5.92 Å². The van der Waals surface area contributed by atoms with Gasteiger partial charge in [0.1, 0.15) is 5.82 Å². The minimum atomic E-state index is 0.184. The SMILES string of the molecule is CN(CCc1ccccn1)c1ncccc1CNC(=O)C1CCCC1. The number of rotatable bonds is 7. The number of carbonyl (C=O) groups excluding carboxylic acids is 1. The lowest BCUT2D eigenvalue weighted by Gasteiger charge is -2.21. The van der Waals surface area contributed by atoms with Gasteiger partial charge < -0.3 is 10.2 Å². The van der Waals surface area contributed by atoms with E-state index in [-0.39, 0.29) is 11.8 Å². The van der Waals surface area contributed by atoms with E-state index in [1.54, 1.807) is 6.20 Å². The Balaban J connectivity index is 1.58. The molecule has 1 aliphatic carbocycles. The number of aromatic nitrogens is 2. The summed E-state index contributed by atoms with van der Waals surface area (Å²) in [4.78, 5) is 23.3. The van der Waals surface area contributed by atoms with Crippen molar-refractivity contribution in [1.29, 1.82) is 0 Å². The third-order valence-corrected chi connectivity index (χ3v) is 4.84. The fourth-order valence-corrected chi connectivity index (χ4v) is 3.36. The van der Waals surface area contributed by atoms with Crippen molar-refractivity contribution in [2.75, 3.05) is 18.5 Å². The van der Waals surface area contributed by atoms with Gasteiger partial charge in [-0.2, -0.15) is 0 Å². The summed E-state index contributed by atoms with van der Waals surface area (Å²) in [6.45, 7) is 1.37. The zero-order valence-electron chi connectivity index (χ0n) is 14.8. The van der Waals surface area contributed by atoms with Crippen LogP contribution in [0.5, 0.6) is 0 Å². The van der Waals surface area contributed by atoms with E-state index in [2.05, 4.69) is 20.2 Å². The molecule has 0 radical (unpaired) electrons. The van der Waals surface area contributed by atoms with Crippen molar-refractivity contribution in [3.05, 3.63) is 54.0 Å². The minimum absolute atomic E-state index is 0.184. The molecule has 2 aromatic rings. The molecule has 132 valence electrons. The van der Waals surface area contributed by atoms with E-state index >= 15 is 0 Å². The summed E-state index contributed by atoms with van der Waals surface area (Å²) in [5.74, 6) is 1.30. The summed E-state index contributed by atoms with van der Waals surface area (Å²) in [7, 11) is 2.04. The monoisotopic (exact) mass is 338 g/mol. The van der Waals surface area contributed by atoms with E-state index < -0.39 is 0 Å². The molecule has 1 fully saturated rings. The Morgan fingerprint density at radius 2 is 1.96 bits per heavy atom. The van der Waals surface area contributed by atoms with Gasteiger partial charge in [-0.25, -0.2) is 4.98 Å². The highest BCUT2D eigenvalue weighted by Crippen LogP contribution is 2.25. The van der Waals surface area contributed by atoms with Crippen molar-refractivity contribution < 1.29 is 4.79 Å². The Bertz CT molecular complexity index is 683.